The summed E-state index contributed by atoms with van der Waals surface area (Å²) in [4.78, 5) is 74.7. The number of Topliss-reactive ketones (excluding diaryl/α,β-unsaturated/α-hetero) is 1. The van der Waals surface area contributed by atoms with Crippen LogP contribution in [-0.4, -0.2) is 87.7 Å². The minimum Gasteiger partial charge on any atom is -0.481 e. The van der Waals surface area contributed by atoms with Crippen molar-refractivity contribution in [2.45, 2.75) is 130 Å². The average molecular weight is 770 g/mol. The lowest BCUT2D eigenvalue weighted by atomic mass is 9.82. The van der Waals surface area contributed by atoms with E-state index >= 15 is 0 Å². The number of carbonyl (C=O) groups is 5. The molecular weight excluding hydrogens is 707 g/mol. The maximum absolute atomic E-state index is 14.6. The first-order valence-electron chi connectivity index (χ1n) is 19.6. The smallest absolute Gasteiger partial charge is 0.306 e. The lowest BCUT2D eigenvalue weighted by molar-refractivity contribution is -0.150. The Morgan fingerprint density at radius 1 is 1.07 bits per heavy atom. The Balaban J connectivity index is 1.88. The molecule has 13 heteroatoms. The molecule has 1 aliphatic heterocycles. The molecular formula is C41H63N5O7S. The van der Waals surface area contributed by atoms with E-state index in [0.29, 0.717) is 30.1 Å². The number of carbonyl (C=O) groups excluding carboxylic acids is 4. The summed E-state index contributed by atoms with van der Waals surface area (Å²) >= 11 is 1.20. The molecule has 54 heavy (non-hydrogen) atoms. The Morgan fingerprint density at radius 3 is 2.33 bits per heavy atom. The first-order chi connectivity index (χ1) is 25.6. The third-order valence-corrected chi connectivity index (χ3v) is 11.7. The number of rotatable bonds is 21. The van der Waals surface area contributed by atoms with Gasteiger partial charge in [0.25, 0.3) is 5.91 Å². The summed E-state index contributed by atoms with van der Waals surface area (Å²) in [6.45, 7) is 14.5. The van der Waals surface area contributed by atoms with Crippen LogP contribution < -0.4 is 11.1 Å². The Bertz CT molecular complexity index is 1550. The highest BCUT2D eigenvalue weighted by Crippen LogP contribution is 2.33. The third-order valence-electron chi connectivity index (χ3n) is 10.8. The molecule has 12 nitrogen and oxygen atoms in total. The summed E-state index contributed by atoms with van der Waals surface area (Å²) in [5.74, 6) is -3.07. The van der Waals surface area contributed by atoms with Crippen LogP contribution in [0.2, 0.25) is 0 Å². The number of aromatic nitrogens is 1. The number of nitrogens with two attached hydrogens (primary N) is 1. The van der Waals surface area contributed by atoms with Gasteiger partial charge in [-0.15, -0.1) is 11.3 Å². The molecule has 1 fully saturated rings. The van der Waals surface area contributed by atoms with E-state index in [1.54, 1.807) is 24.4 Å². The molecule has 2 heterocycles. The number of ketones is 1. The topological polar surface area (TPSA) is 172 Å². The lowest BCUT2D eigenvalue weighted by Crippen LogP contribution is -2.50. The number of esters is 1. The van der Waals surface area contributed by atoms with Crippen LogP contribution in [-0.2, 0) is 30.3 Å². The Labute approximate surface area is 325 Å². The van der Waals surface area contributed by atoms with Gasteiger partial charge >= 0.3 is 11.9 Å². The van der Waals surface area contributed by atoms with E-state index in [2.05, 4.69) is 15.2 Å². The maximum Gasteiger partial charge on any atom is 0.306 e. The number of likely N-dealkylation sites (tertiary alicyclic amines) is 1. The molecule has 1 unspecified atom stereocenters. The quantitative estimate of drug-likeness (QED) is 0.0935. The van der Waals surface area contributed by atoms with Crippen LogP contribution >= 0.6 is 11.3 Å². The third kappa shape index (κ3) is 12.9. The Hall–Kier alpha value is -3.84. The van der Waals surface area contributed by atoms with Crippen LogP contribution in [0.3, 0.4) is 0 Å². The molecule has 0 bridgehead atoms. The minimum absolute atomic E-state index is 0.00542. The van der Waals surface area contributed by atoms with Crippen molar-refractivity contribution < 1.29 is 33.8 Å². The molecule has 3 rings (SSSR count). The zero-order valence-corrected chi connectivity index (χ0v) is 34.3. The van der Waals surface area contributed by atoms with Crippen molar-refractivity contribution in [3.63, 3.8) is 0 Å². The molecule has 300 valence electrons. The highest BCUT2D eigenvalue weighted by Gasteiger charge is 2.39. The summed E-state index contributed by atoms with van der Waals surface area (Å²) < 4.78 is 5.86. The number of piperidine rings is 1. The second-order valence-corrected chi connectivity index (χ2v) is 16.4. The maximum atomic E-state index is 14.6. The van der Waals surface area contributed by atoms with Gasteiger partial charge in [-0.3, -0.25) is 28.9 Å². The second kappa shape index (κ2) is 21.3. The number of carboxylic acid groups (broad SMARTS) is 1. The number of hydrogen-bond donors (Lipinski definition) is 3. The molecule has 1 saturated heterocycles. The van der Waals surface area contributed by atoms with Gasteiger partial charge in [0.1, 0.15) is 10.7 Å². The van der Waals surface area contributed by atoms with Gasteiger partial charge in [-0.25, -0.2) is 4.98 Å². The predicted octanol–water partition coefficient (Wildman–Crippen LogP) is 6.54. The number of thiazole rings is 1. The van der Waals surface area contributed by atoms with Gasteiger partial charge in [-0.05, 0) is 75.2 Å². The van der Waals surface area contributed by atoms with Gasteiger partial charge in [0, 0.05) is 55.4 Å². The number of nitrogens with zero attached hydrogens (tertiary/aromatic N) is 3. The SMILES string of the molecule is CCCN(C(=O)[C@@H](CC(=O)C1CCCCN1C)[C@@H](C)CC)[C@H](C[C@@H](OC(C)=O)c1nc(C(=O)N[C@@H](Cc2ccc(N)cc2)C[C@H](C)C(=O)O)cs1)C(C)C. The number of benzene rings is 1. The summed E-state index contributed by atoms with van der Waals surface area (Å²) in [7, 11) is 1.99. The second-order valence-electron chi connectivity index (χ2n) is 15.5. The van der Waals surface area contributed by atoms with E-state index < -0.39 is 41.8 Å². The van der Waals surface area contributed by atoms with Crippen LogP contribution in [0.4, 0.5) is 5.69 Å². The predicted molar refractivity (Wildman–Crippen MR) is 212 cm³/mol. The van der Waals surface area contributed by atoms with Crippen molar-refractivity contribution in [1.82, 2.24) is 20.1 Å². The fraction of sp³-hybridized carbons (Fsp3) is 0.659. The molecule has 7 atom stereocenters. The summed E-state index contributed by atoms with van der Waals surface area (Å²) in [5, 5.41) is 14.6. The van der Waals surface area contributed by atoms with Gasteiger partial charge in [-0.2, -0.15) is 0 Å². The Morgan fingerprint density at radius 2 is 1.76 bits per heavy atom. The molecule has 0 spiro atoms. The normalized spacial score (nSPS) is 18.2. The summed E-state index contributed by atoms with van der Waals surface area (Å²) in [6.07, 6.45) is 4.58. The molecule has 0 aliphatic carbocycles. The van der Waals surface area contributed by atoms with Crippen molar-refractivity contribution in [3.05, 3.63) is 45.9 Å². The van der Waals surface area contributed by atoms with Gasteiger partial charge in [-0.1, -0.05) is 66.5 Å². The largest absolute Gasteiger partial charge is 0.481 e. The van der Waals surface area contributed by atoms with Crippen LogP contribution in [0.15, 0.2) is 29.6 Å². The summed E-state index contributed by atoms with van der Waals surface area (Å²) in [5.41, 5.74) is 7.47. The number of likely N-dealkylation sites (N-methyl/N-ethyl adjacent to an activating group) is 1. The zero-order chi connectivity index (χ0) is 40.1. The molecule has 2 amide bonds. The number of nitrogens with one attached hydrogen (secondary N) is 1. The van der Waals surface area contributed by atoms with E-state index in [1.165, 1.54) is 18.3 Å². The van der Waals surface area contributed by atoms with Crippen LogP contribution in [0, 0.1) is 23.7 Å². The minimum atomic E-state index is -0.957. The first kappa shape index (κ1) is 44.6. The molecule has 1 aromatic carbocycles. The number of ether oxygens (including phenoxy) is 1. The number of aliphatic carboxylic acids is 1. The number of nitrogen functional groups attached to an aromatic ring is 1. The van der Waals surface area contributed by atoms with Crippen LogP contribution in [0.5, 0.6) is 0 Å². The van der Waals surface area contributed by atoms with E-state index in [1.807, 2.05) is 58.7 Å². The number of anilines is 1. The molecule has 1 aliphatic rings. The van der Waals surface area contributed by atoms with Gasteiger partial charge in [0.15, 0.2) is 11.9 Å². The molecule has 0 saturated carbocycles. The number of hydrogen-bond acceptors (Lipinski definition) is 10. The summed E-state index contributed by atoms with van der Waals surface area (Å²) in [6, 6.07) is 6.21. The van der Waals surface area contributed by atoms with Crippen molar-refractivity contribution >= 4 is 46.6 Å². The standard InChI is InChI=1S/C41H63N5O7S/c1-9-18-46(40(50)32(26(5)10-2)22-36(48)34-13-11-12-19-45(34)8)35(25(3)4)23-37(53-28(7)47)39-44-33(24-54-39)38(49)43-31(20-27(6)41(51)52)21-29-14-16-30(42)17-15-29/h14-17,24-27,31-32,34-35,37H,9-13,18-23,42H2,1-8H3,(H,43,49)(H,51,52)/t26-,27-,31+,32-,34?,35+,37+/m0/s1. The fourth-order valence-corrected chi connectivity index (χ4v) is 8.22. The highest BCUT2D eigenvalue weighted by molar-refractivity contribution is 7.09. The lowest BCUT2D eigenvalue weighted by Gasteiger charge is -2.39. The zero-order valence-electron chi connectivity index (χ0n) is 33.5. The average Bonchev–Trinajstić information content (AvgIpc) is 3.62. The number of amides is 2. The first-order valence-corrected chi connectivity index (χ1v) is 20.5. The Kier molecular flexibility index (Phi) is 17.6. The van der Waals surface area contributed by atoms with Crippen molar-refractivity contribution in [2.75, 3.05) is 25.9 Å². The van der Waals surface area contributed by atoms with E-state index in [0.717, 1.165) is 37.8 Å². The van der Waals surface area contributed by atoms with Gasteiger partial charge in [0.2, 0.25) is 5.91 Å². The van der Waals surface area contributed by atoms with Gasteiger partial charge < -0.3 is 25.8 Å². The van der Waals surface area contributed by atoms with Crippen molar-refractivity contribution in [2.24, 2.45) is 23.7 Å². The molecule has 4 N–H and O–H groups in total. The van der Waals surface area contributed by atoms with E-state index in [4.69, 9.17) is 10.5 Å². The molecule has 1 aromatic heterocycles. The van der Waals surface area contributed by atoms with Crippen molar-refractivity contribution in [1.29, 1.82) is 0 Å². The number of carboxylic acids is 1. The van der Waals surface area contributed by atoms with Gasteiger partial charge in [0.05, 0.1) is 12.0 Å². The van der Waals surface area contributed by atoms with Crippen molar-refractivity contribution in [3.8, 4) is 0 Å². The van der Waals surface area contributed by atoms with E-state index in [-0.39, 0.29) is 60.6 Å². The van der Waals surface area contributed by atoms with E-state index in [9.17, 15) is 29.1 Å². The fourth-order valence-electron chi connectivity index (χ4n) is 7.38. The van der Waals surface area contributed by atoms with Crippen LogP contribution in [0.25, 0.3) is 0 Å². The molecule has 0 radical (unpaired) electrons. The molecule has 2 aromatic rings. The highest BCUT2D eigenvalue weighted by atomic mass is 32.1. The van der Waals surface area contributed by atoms with Crippen LogP contribution in [0.1, 0.15) is 127 Å². The monoisotopic (exact) mass is 769 g/mol.